The first-order valence-corrected chi connectivity index (χ1v) is 12.7. The quantitative estimate of drug-likeness (QED) is 0.197. The van der Waals surface area contributed by atoms with Gasteiger partial charge >= 0.3 is 5.97 Å². The van der Waals surface area contributed by atoms with Gasteiger partial charge in [-0.3, -0.25) is 19.5 Å². The molecule has 0 bridgehead atoms. The average Bonchev–Trinajstić information content (AvgIpc) is 3.51. The Bertz CT molecular complexity index is 1780. The number of ether oxygens (including phenoxy) is 1. The number of thiazole rings is 1. The first-order valence-electron chi connectivity index (χ1n) is 11.5. The normalized spacial score (nSPS) is 15.2. The number of allylic oxidation sites excluding steroid dienone is 1. The van der Waals surface area contributed by atoms with E-state index in [9.17, 15) is 19.7 Å². The monoisotopic (exact) mass is 549 g/mol. The minimum absolute atomic E-state index is 0.192. The predicted octanol–water partition coefficient (Wildman–Crippen LogP) is 4.62. The number of nitro groups is 1. The minimum Gasteiger partial charge on any atom is -0.466 e. The molecule has 1 aliphatic rings. The van der Waals surface area contributed by atoms with Gasteiger partial charge < -0.3 is 9.15 Å². The van der Waals surface area contributed by atoms with Gasteiger partial charge in [-0.2, -0.15) is 0 Å². The van der Waals surface area contributed by atoms with Crippen molar-refractivity contribution in [3.8, 4) is 11.3 Å². The molecule has 11 heteroatoms. The van der Waals surface area contributed by atoms with E-state index >= 15 is 0 Å². The van der Waals surface area contributed by atoms with Crippen molar-refractivity contribution in [1.29, 1.82) is 0 Å². The molecular weight excluding hydrogens is 530 g/mol. The molecule has 0 radical (unpaired) electrons. The van der Waals surface area contributed by atoms with Gasteiger partial charge in [-0.05, 0) is 36.2 Å². The van der Waals surface area contributed by atoms with Crippen molar-refractivity contribution >= 4 is 40.7 Å². The molecule has 0 spiro atoms. The van der Waals surface area contributed by atoms with Crippen LogP contribution in [0.4, 0.5) is 5.69 Å². The number of fused-ring (bicyclic) bond motifs is 1. The molecule has 2 aromatic heterocycles. The van der Waals surface area contributed by atoms with Gasteiger partial charge in [0.2, 0.25) is 0 Å². The Labute approximate surface area is 224 Å². The van der Waals surface area contributed by atoms with Crippen molar-refractivity contribution in [2.45, 2.75) is 19.4 Å². The van der Waals surface area contributed by atoms with Crippen LogP contribution in [0.25, 0.3) is 17.4 Å². The summed E-state index contributed by atoms with van der Waals surface area (Å²) in [6.07, 6.45) is 2.03. The summed E-state index contributed by atoms with van der Waals surface area (Å²) >= 11 is 7.09. The number of carbonyl (C=O) groups excluding carboxylic acids is 1. The topological polar surface area (TPSA) is 117 Å². The fourth-order valence-corrected chi connectivity index (χ4v) is 5.55. The van der Waals surface area contributed by atoms with E-state index in [0.717, 1.165) is 5.56 Å². The second kappa shape index (κ2) is 10.2. The highest BCUT2D eigenvalue weighted by Gasteiger charge is 2.33. The van der Waals surface area contributed by atoms with Gasteiger partial charge in [0.25, 0.3) is 11.2 Å². The van der Waals surface area contributed by atoms with Crippen LogP contribution in [0.15, 0.2) is 86.1 Å². The Morgan fingerprint density at radius 1 is 1.24 bits per heavy atom. The number of aromatic nitrogens is 1. The van der Waals surface area contributed by atoms with E-state index in [1.54, 1.807) is 18.2 Å². The molecule has 3 heterocycles. The number of furan rings is 1. The summed E-state index contributed by atoms with van der Waals surface area (Å²) in [5.41, 5.74) is 1.33. The molecule has 2 aromatic carbocycles. The number of halogens is 1. The number of nitro benzene ring substituents is 1. The van der Waals surface area contributed by atoms with Gasteiger partial charge in [-0.1, -0.05) is 60.2 Å². The Kier molecular flexibility index (Phi) is 6.83. The third-order valence-electron chi connectivity index (χ3n) is 6.09. The molecule has 1 aliphatic heterocycles. The summed E-state index contributed by atoms with van der Waals surface area (Å²) in [5.74, 6) is 0.0402. The lowest BCUT2D eigenvalue weighted by molar-refractivity contribution is -0.384. The molecule has 192 valence electrons. The summed E-state index contributed by atoms with van der Waals surface area (Å²) in [7, 11) is 1.30. The number of methoxy groups -OCH3 is 1. The van der Waals surface area contributed by atoms with Gasteiger partial charge in [0.05, 0.1) is 39.4 Å². The van der Waals surface area contributed by atoms with Crippen molar-refractivity contribution in [1.82, 2.24) is 4.57 Å². The molecule has 0 saturated heterocycles. The van der Waals surface area contributed by atoms with Crippen molar-refractivity contribution in [2.75, 3.05) is 7.11 Å². The molecule has 0 saturated carbocycles. The fourth-order valence-electron chi connectivity index (χ4n) is 4.38. The second-order valence-electron chi connectivity index (χ2n) is 8.32. The van der Waals surface area contributed by atoms with E-state index in [2.05, 4.69) is 4.99 Å². The van der Waals surface area contributed by atoms with E-state index in [4.69, 9.17) is 20.8 Å². The highest BCUT2D eigenvalue weighted by atomic mass is 35.5. The van der Waals surface area contributed by atoms with Crippen LogP contribution in [0, 0.1) is 10.1 Å². The Hall–Kier alpha value is -4.28. The largest absolute Gasteiger partial charge is 0.466 e. The smallest absolute Gasteiger partial charge is 0.338 e. The van der Waals surface area contributed by atoms with Crippen LogP contribution in [0.1, 0.15) is 30.7 Å². The molecule has 4 aromatic rings. The lowest BCUT2D eigenvalue weighted by atomic mass is 9.95. The van der Waals surface area contributed by atoms with E-state index in [-0.39, 0.29) is 27.6 Å². The third kappa shape index (κ3) is 4.48. The van der Waals surface area contributed by atoms with E-state index < -0.39 is 16.9 Å². The van der Waals surface area contributed by atoms with E-state index in [0.29, 0.717) is 32.8 Å². The van der Waals surface area contributed by atoms with Crippen LogP contribution in [0.3, 0.4) is 0 Å². The summed E-state index contributed by atoms with van der Waals surface area (Å²) in [6, 6.07) is 16.0. The van der Waals surface area contributed by atoms with Crippen LogP contribution in [-0.2, 0) is 9.53 Å². The Balaban J connectivity index is 1.65. The number of rotatable bonds is 6. The summed E-state index contributed by atoms with van der Waals surface area (Å²) in [5, 5.41) is 11.7. The molecule has 5 rings (SSSR count). The predicted molar refractivity (Wildman–Crippen MR) is 143 cm³/mol. The number of benzene rings is 2. The zero-order chi connectivity index (χ0) is 27.0. The second-order valence-corrected chi connectivity index (χ2v) is 9.77. The molecule has 0 fully saturated rings. The summed E-state index contributed by atoms with van der Waals surface area (Å²) in [6.45, 7) is 1.89. The standard InChI is InChI=1S/C27H20ClN3O6S/c1-3-19-23(26(33)36-2)24(15-7-5-4-6-8-15)30-25(32)22(38-27(30)29-19)14-17-10-12-21(37-17)18-11-9-16(28)13-20(18)31(34)35/h4-14,24H,3H2,1-2H3/b22-14+/t24-/m0/s1. The SMILES string of the molecule is CCC1=C(C(=O)OC)[C@H](c2ccccc2)n2c(s/c(=C/c3ccc(-c4ccc(Cl)cc4[N+](=O)[O-])o3)c2=O)=N1. The zero-order valence-corrected chi connectivity index (χ0v) is 21.8. The number of carbonyl (C=O) groups is 1. The zero-order valence-electron chi connectivity index (χ0n) is 20.2. The van der Waals surface area contributed by atoms with Crippen LogP contribution in [0.5, 0.6) is 0 Å². The maximum Gasteiger partial charge on any atom is 0.338 e. The Morgan fingerprint density at radius 2 is 2.00 bits per heavy atom. The van der Waals surface area contributed by atoms with E-state index in [1.807, 2.05) is 37.3 Å². The maximum absolute atomic E-state index is 13.7. The van der Waals surface area contributed by atoms with Crippen molar-refractivity contribution < 1.29 is 18.9 Å². The summed E-state index contributed by atoms with van der Waals surface area (Å²) in [4.78, 5) is 42.6. The lowest BCUT2D eigenvalue weighted by Gasteiger charge is -2.25. The van der Waals surface area contributed by atoms with E-state index in [1.165, 1.54) is 41.2 Å². The molecule has 38 heavy (non-hydrogen) atoms. The number of hydrogen-bond donors (Lipinski definition) is 0. The molecular formula is C27H20ClN3O6S. The molecule has 0 N–H and O–H groups in total. The first kappa shape index (κ1) is 25.4. The number of esters is 1. The van der Waals surface area contributed by atoms with Gasteiger partial charge in [-0.15, -0.1) is 0 Å². The third-order valence-corrected chi connectivity index (χ3v) is 7.31. The highest BCUT2D eigenvalue weighted by molar-refractivity contribution is 7.07. The molecule has 0 aliphatic carbocycles. The van der Waals surface area contributed by atoms with Crippen molar-refractivity contribution in [3.05, 3.63) is 118 Å². The van der Waals surface area contributed by atoms with Gasteiger partial charge in [-0.25, -0.2) is 9.79 Å². The van der Waals surface area contributed by atoms with Crippen molar-refractivity contribution in [2.24, 2.45) is 4.99 Å². The minimum atomic E-state index is -0.708. The number of nitrogens with zero attached hydrogens (tertiary/aromatic N) is 3. The van der Waals surface area contributed by atoms with Gasteiger partial charge in [0, 0.05) is 17.2 Å². The lowest BCUT2D eigenvalue weighted by Crippen LogP contribution is -2.40. The highest BCUT2D eigenvalue weighted by Crippen LogP contribution is 2.34. The number of hydrogen-bond acceptors (Lipinski definition) is 8. The van der Waals surface area contributed by atoms with Crippen LogP contribution in [0.2, 0.25) is 5.02 Å². The fraction of sp³-hybridized carbons (Fsp3) is 0.148. The molecule has 0 unspecified atom stereocenters. The molecule has 1 atom stereocenters. The van der Waals surface area contributed by atoms with Crippen LogP contribution < -0.4 is 14.9 Å². The Morgan fingerprint density at radius 3 is 2.68 bits per heavy atom. The molecule has 0 amide bonds. The van der Waals surface area contributed by atoms with Gasteiger partial charge in [0.1, 0.15) is 11.5 Å². The summed E-state index contributed by atoms with van der Waals surface area (Å²) < 4.78 is 12.7. The average molecular weight is 550 g/mol. The maximum atomic E-state index is 13.7. The molecule has 9 nitrogen and oxygen atoms in total. The van der Waals surface area contributed by atoms with Crippen LogP contribution >= 0.6 is 22.9 Å². The van der Waals surface area contributed by atoms with Gasteiger partial charge in [0.15, 0.2) is 4.80 Å². The van der Waals surface area contributed by atoms with Crippen molar-refractivity contribution in [3.63, 3.8) is 0 Å². The first-order chi connectivity index (χ1) is 18.3. The van der Waals surface area contributed by atoms with Crippen LogP contribution in [-0.4, -0.2) is 22.6 Å².